The molecule has 72 heavy (non-hydrogen) atoms. The summed E-state index contributed by atoms with van der Waals surface area (Å²) in [5.41, 5.74) is -2.55. The van der Waals surface area contributed by atoms with Gasteiger partial charge in [0.2, 0.25) is 23.0 Å². The van der Waals surface area contributed by atoms with Crippen LogP contribution in [0.3, 0.4) is 0 Å². The topological polar surface area (TPSA) is 330 Å². The number of nitro groups is 4. The lowest BCUT2D eigenvalue weighted by Crippen LogP contribution is -2.20. The minimum absolute atomic E-state index is 0.216. The lowest BCUT2D eigenvalue weighted by Gasteiger charge is -2.16. The van der Waals surface area contributed by atoms with Crippen LogP contribution in [0.1, 0.15) is 0 Å². The van der Waals surface area contributed by atoms with Gasteiger partial charge < -0.3 is 37.9 Å². The SMILES string of the molecule is COc1ccc2nc(NC(=O)COc3cc4cc(c3)Oc3cc(c([N+](=O)[O-])cc3[N+](=O)[O-])Oc3cc(OCC(=O)Nc5nc6ccc(OC)cc6s5)cc(c3)Oc3cc(c([N+](=O)[O-])cc3[N+](=O)[O-])O4)sc2c1. The second-order valence-electron chi connectivity index (χ2n) is 14.7. The highest BCUT2D eigenvalue weighted by Crippen LogP contribution is 2.48. The molecule has 6 aromatic carbocycles. The predicted molar refractivity (Wildman–Crippen MR) is 253 cm³/mol. The fourth-order valence-corrected chi connectivity index (χ4v) is 8.58. The number of anilines is 2. The number of methoxy groups -OCH3 is 2. The summed E-state index contributed by atoms with van der Waals surface area (Å²) >= 11 is 2.30. The average Bonchev–Trinajstić information content (AvgIpc) is 3.94. The Bertz CT molecular complexity index is 3220. The maximum absolute atomic E-state index is 13.1. The van der Waals surface area contributed by atoms with E-state index in [0.717, 1.165) is 71.2 Å². The highest BCUT2D eigenvalue weighted by Gasteiger charge is 2.31. The van der Waals surface area contributed by atoms with Crippen LogP contribution >= 0.6 is 22.7 Å². The third-order valence-corrected chi connectivity index (χ3v) is 11.8. The van der Waals surface area contributed by atoms with Gasteiger partial charge in [-0.05, 0) is 36.4 Å². The number of rotatable bonds is 14. The van der Waals surface area contributed by atoms with Crippen molar-refractivity contribution in [2.75, 3.05) is 38.1 Å². The van der Waals surface area contributed by atoms with E-state index in [1.807, 2.05) is 0 Å². The molecule has 1 aliphatic heterocycles. The smallest absolute Gasteiger partial charge is 0.318 e. The molecular formula is C44H28N8O18S2. The van der Waals surface area contributed by atoms with Gasteiger partial charge in [0.25, 0.3) is 11.8 Å². The van der Waals surface area contributed by atoms with Crippen LogP contribution in [0.15, 0.2) is 97.1 Å². The summed E-state index contributed by atoms with van der Waals surface area (Å²) in [6.45, 7) is -1.36. The van der Waals surface area contributed by atoms with Crippen LogP contribution in [-0.2, 0) is 9.59 Å². The molecule has 0 aliphatic carbocycles. The molecule has 2 aromatic heterocycles. The molecule has 9 rings (SSSR count). The average molecular weight is 1020 g/mol. The van der Waals surface area contributed by atoms with Gasteiger partial charge in [-0.2, -0.15) is 0 Å². The van der Waals surface area contributed by atoms with E-state index < -0.39 is 90.5 Å². The number of nitrogens with zero attached hydrogens (tertiary/aromatic N) is 6. The molecule has 8 aromatic rings. The summed E-state index contributed by atoms with van der Waals surface area (Å²) in [6, 6.07) is 19.8. The Labute approximate surface area is 408 Å². The predicted octanol–water partition coefficient (Wildman–Crippen LogP) is 10.1. The number of ether oxygens (including phenoxy) is 8. The highest BCUT2D eigenvalue weighted by atomic mass is 32.1. The van der Waals surface area contributed by atoms with Crippen LogP contribution in [-0.4, -0.2) is 68.9 Å². The standard InChI is InChI=1S/C44H28N8O18S2/c1-63-21-3-5-29-39(13-21)71-43(45-29)47-41(53)19-65-23-7-25-11-26(8-23)68-36-18-38(34(52(61)62)16-32(36)50(57)58)70-28-10-24(66-20-42(54)48-44-46-30-6-4-22(64-2)14-40(30)72-44)9-27(12-28)69-37-17-35(67-25)31(49(55)56)15-33(37)51(59)60/h3-18H,19-20H2,1-2H3,(H,45,47,53)(H,46,48,54). The molecule has 3 heterocycles. The number of nitrogens with one attached hydrogen (secondary N) is 2. The quantitative estimate of drug-likeness (QED) is 0.0755. The Balaban J connectivity index is 1.08. The zero-order chi connectivity index (χ0) is 50.8. The van der Waals surface area contributed by atoms with Gasteiger partial charge in [0.1, 0.15) is 58.1 Å². The third kappa shape index (κ3) is 10.4. The summed E-state index contributed by atoms with van der Waals surface area (Å²) in [6.07, 6.45) is 0. The number of fused-ring (bicyclic) bond motifs is 10. The number of carbonyl (C=O) groups is 2. The molecule has 2 N–H and O–H groups in total. The first-order chi connectivity index (χ1) is 34.6. The van der Waals surface area contributed by atoms with Gasteiger partial charge >= 0.3 is 22.7 Å². The number of benzene rings is 6. The van der Waals surface area contributed by atoms with E-state index in [9.17, 15) is 50.0 Å². The summed E-state index contributed by atoms with van der Waals surface area (Å²) in [5, 5.41) is 55.3. The molecule has 1 aliphatic rings. The van der Waals surface area contributed by atoms with Crippen molar-refractivity contribution in [3.05, 3.63) is 138 Å². The molecule has 28 heteroatoms. The van der Waals surface area contributed by atoms with Crippen molar-refractivity contribution in [2.24, 2.45) is 0 Å². The molecule has 0 fully saturated rings. The van der Waals surface area contributed by atoms with Gasteiger partial charge in [-0.3, -0.25) is 60.7 Å². The number of carbonyl (C=O) groups excluding carboxylic acids is 2. The van der Waals surface area contributed by atoms with E-state index in [0.29, 0.717) is 44.1 Å². The molecule has 26 nitrogen and oxygen atoms in total. The summed E-state index contributed by atoms with van der Waals surface area (Å²) in [7, 11) is 3.00. The third-order valence-electron chi connectivity index (χ3n) is 9.91. The van der Waals surface area contributed by atoms with E-state index in [-0.39, 0.29) is 44.8 Å². The normalized spacial score (nSPS) is 11.5. The Hall–Kier alpha value is -9.96. The van der Waals surface area contributed by atoms with Crippen LogP contribution in [0.5, 0.6) is 69.0 Å². The number of amides is 2. The Morgan fingerprint density at radius 2 is 0.819 bits per heavy atom. The van der Waals surface area contributed by atoms with Crippen molar-refractivity contribution in [2.45, 2.75) is 0 Å². The summed E-state index contributed by atoms with van der Waals surface area (Å²) in [5.74, 6) is -4.64. The van der Waals surface area contributed by atoms with Crippen molar-refractivity contribution >= 4 is 87.9 Å². The number of hydrogen-bond donors (Lipinski definition) is 2. The first-order valence-corrected chi connectivity index (χ1v) is 21.9. The molecular weight excluding hydrogens is 993 g/mol. The van der Waals surface area contributed by atoms with Crippen molar-refractivity contribution < 1.29 is 67.2 Å². The largest absolute Gasteiger partial charge is 0.497 e. The molecule has 0 spiro atoms. The van der Waals surface area contributed by atoms with Crippen molar-refractivity contribution in [1.29, 1.82) is 0 Å². The number of hydrogen-bond acceptors (Lipinski definition) is 22. The molecule has 0 atom stereocenters. The Morgan fingerprint density at radius 1 is 0.486 bits per heavy atom. The maximum Gasteiger partial charge on any atom is 0.318 e. The molecule has 0 saturated carbocycles. The van der Waals surface area contributed by atoms with E-state index in [2.05, 4.69) is 20.6 Å². The van der Waals surface area contributed by atoms with Gasteiger partial charge in [-0.15, -0.1) is 0 Å². The fraction of sp³-hybridized carbons (Fsp3) is 0.0909. The van der Waals surface area contributed by atoms with Crippen LogP contribution in [0.25, 0.3) is 20.4 Å². The second kappa shape index (κ2) is 19.6. The zero-order valence-corrected chi connectivity index (χ0v) is 38.1. The monoisotopic (exact) mass is 1020 g/mol. The van der Waals surface area contributed by atoms with Gasteiger partial charge in [-0.25, -0.2) is 9.97 Å². The molecule has 2 amide bonds. The van der Waals surface area contributed by atoms with Gasteiger partial charge in [0, 0.05) is 48.5 Å². The summed E-state index contributed by atoms with van der Waals surface area (Å²) < 4.78 is 47.1. The molecule has 0 radical (unpaired) electrons. The molecule has 0 saturated heterocycles. The van der Waals surface area contributed by atoms with Gasteiger partial charge in [-0.1, -0.05) is 22.7 Å². The summed E-state index contributed by atoms with van der Waals surface area (Å²) in [4.78, 5) is 80.7. The minimum atomic E-state index is -0.969. The van der Waals surface area contributed by atoms with Crippen LogP contribution in [0, 0.1) is 40.5 Å². The van der Waals surface area contributed by atoms with Crippen LogP contribution in [0.2, 0.25) is 0 Å². The highest BCUT2D eigenvalue weighted by molar-refractivity contribution is 7.22. The lowest BCUT2D eigenvalue weighted by molar-refractivity contribution is -0.395. The van der Waals surface area contributed by atoms with Crippen LogP contribution < -0.4 is 48.5 Å². The van der Waals surface area contributed by atoms with E-state index in [1.165, 1.54) is 14.2 Å². The van der Waals surface area contributed by atoms with Crippen molar-refractivity contribution in [3.63, 3.8) is 0 Å². The maximum atomic E-state index is 13.1. The molecule has 364 valence electrons. The molecule has 8 bridgehead atoms. The van der Waals surface area contributed by atoms with Crippen molar-refractivity contribution in [1.82, 2.24) is 9.97 Å². The molecule has 0 unspecified atom stereocenters. The zero-order valence-electron chi connectivity index (χ0n) is 36.5. The Morgan fingerprint density at radius 3 is 1.12 bits per heavy atom. The van der Waals surface area contributed by atoms with Gasteiger partial charge in [0.15, 0.2) is 23.5 Å². The van der Waals surface area contributed by atoms with Crippen LogP contribution in [0.4, 0.5) is 33.0 Å². The lowest BCUT2D eigenvalue weighted by atomic mass is 10.2. The number of aromatic nitrogens is 2. The fourth-order valence-electron chi connectivity index (χ4n) is 6.76. The Kier molecular flexibility index (Phi) is 12.8. The first kappa shape index (κ1) is 47.1. The second-order valence-corrected chi connectivity index (χ2v) is 16.7. The van der Waals surface area contributed by atoms with Gasteiger partial charge in [0.05, 0.1) is 54.3 Å². The number of nitro benzene ring substituents is 4. The first-order valence-electron chi connectivity index (χ1n) is 20.3. The van der Waals surface area contributed by atoms with E-state index in [1.54, 1.807) is 36.4 Å². The number of thiazole rings is 2. The van der Waals surface area contributed by atoms with E-state index >= 15 is 0 Å². The van der Waals surface area contributed by atoms with Crippen molar-refractivity contribution in [3.8, 4) is 69.0 Å². The van der Waals surface area contributed by atoms with E-state index in [4.69, 9.17) is 37.9 Å². The minimum Gasteiger partial charge on any atom is -0.497 e.